The fraction of sp³-hybridized carbons (Fsp3) is 0.0909. The van der Waals surface area contributed by atoms with Gasteiger partial charge in [-0.25, -0.2) is 8.78 Å². The summed E-state index contributed by atoms with van der Waals surface area (Å²) in [6, 6.07) is 5.15. The van der Waals surface area contributed by atoms with Crippen molar-refractivity contribution in [1.29, 1.82) is 0 Å². The largest absolute Gasteiger partial charge is 0.320 e. The maximum atomic E-state index is 13.0. The molecule has 0 aliphatic heterocycles. The Hall–Kier alpha value is -0.780. The summed E-state index contributed by atoms with van der Waals surface area (Å²) in [6.45, 7) is 0. The minimum absolute atomic E-state index is 0.440. The Morgan fingerprint density at radius 2 is 1.94 bits per heavy atom. The summed E-state index contributed by atoms with van der Waals surface area (Å²) >= 11 is 4.83. The van der Waals surface area contributed by atoms with Crippen LogP contribution in [0.25, 0.3) is 0 Å². The highest BCUT2D eigenvalue weighted by Crippen LogP contribution is 2.31. The summed E-state index contributed by atoms with van der Waals surface area (Å²) in [7, 11) is 0. The lowest BCUT2D eigenvalue weighted by atomic mass is 10.1. The van der Waals surface area contributed by atoms with Crippen molar-refractivity contribution in [1.82, 2.24) is 0 Å². The predicted octanol–water partition coefficient (Wildman–Crippen LogP) is 3.84. The van der Waals surface area contributed by atoms with Gasteiger partial charge in [-0.2, -0.15) is 0 Å². The Morgan fingerprint density at radius 1 is 1.19 bits per heavy atom. The molecule has 0 radical (unpaired) electrons. The molecule has 2 N–H and O–H groups in total. The van der Waals surface area contributed by atoms with E-state index in [-0.39, 0.29) is 0 Å². The molecule has 1 heterocycles. The van der Waals surface area contributed by atoms with Gasteiger partial charge in [0.15, 0.2) is 11.6 Å². The lowest BCUT2D eigenvalue weighted by Gasteiger charge is -2.11. The van der Waals surface area contributed by atoms with Gasteiger partial charge in [0.2, 0.25) is 0 Å². The van der Waals surface area contributed by atoms with E-state index >= 15 is 0 Å². The molecule has 2 aromatic rings. The quantitative estimate of drug-likeness (QED) is 0.896. The summed E-state index contributed by atoms with van der Waals surface area (Å²) < 4.78 is 26.7. The van der Waals surface area contributed by atoms with Crippen LogP contribution in [0.3, 0.4) is 0 Å². The fourth-order valence-corrected chi connectivity index (χ4v) is 3.03. The first-order chi connectivity index (χ1) is 7.59. The maximum absolute atomic E-state index is 13.0. The Morgan fingerprint density at radius 3 is 2.50 bits per heavy atom. The van der Waals surface area contributed by atoms with Crippen LogP contribution in [0.1, 0.15) is 16.5 Å². The lowest BCUT2D eigenvalue weighted by Crippen LogP contribution is -2.11. The predicted molar refractivity (Wildman–Crippen MR) is 64.4 cm³/mol. The highest BCUT2D eigenvalue weighted by Gasteiger charge is 2.15. The van der Waals surface area contributed by atoms with Crippen molar-refractivity contribution in [2.45, 2.75) is 6.04 Å². The smallest absolute Gasteiger partial charge is 0.159 e. The van der Waals surface area contributed by atoms with Gasteiger partial charge in [-0.05, 0) is 45.1 Å². The molecule has 1 nitrogen and oxygen atoms in total. The van der Waals surface area contributed by atoms with E-state index < -0.39 is 17.7 Å². The summed E-state index contributed by atoms with van der Waals surface area (Å²) in [6.07, 6.45) is 0. The number of nitrogens with two attached hydrogens (primary N) is 1. The first-order valence-corrected chi connectivity index (χ1v) is 6.20. The van der Waals surface area contributed by atoms with Gasteiger partial charge in [-0.1, -0.05) is 6.07 Å². The van der Waals surface area contributed by atoms with Crippen molar-refractivity contribution in [3.63, 3.8) is 0 Å². The third-order valence-corrected chi connectivity index (χ3v) is 4.18. The Bertz CT molecular complexity index is 512. The highest BCUT2D eigenvalue weighted by atomic mass is 79.9. The van der Waals surface area contributed by atoms with Crippen LogP contribution >= 0.6 is 27.3 Å². The van der Waals surface area contributed by atoms with E-state index in [4.69, 9.17) is 5.73 Å². The van der Waals surface area contributed by atoms with E-state index in [9.17, 15) is 8.78 Å². The van der Waals surface area contributed by atoms with Gasteiger partial charge in [-0.3, -0.25) is 0 Å². The third-order valence-electron chi connectivity index (χ3n) is 2.23. The Balaban J connectivity index is 2.38. The molecule has 0 bridgehead atoms. The molecule has 0 aliphatic carbocycles. The zero-order chi connectivity index (χ0) is 11.7. The van der Waals surface area contributed by atoms with Gasteiger partial charge in [0.1, 0.15) is 0 Å². The molecule has 0 fully saturated rings. The molecule has 1 aromatic heterocycles. The van der Waals surface area contributed by atoms with E-state index in [1.165, 1.54) is 17.4 Å². The van der Waals surface area contributed by atoms with Crippen LogP contribution in [0.5, 0.6) is 0 Å². The van der Waals surface area contributed by atoms with Gasteiger partial charge in [0.05, 0.1) is 6.04 Å². The maximum Gasteiger partial charge on any atom is 0.159 e. The van der Waals surface area contributed by atoms with E-state index in [1.807, 2.05) is 11.4 Å². The lowest BCUT2D eigenvalue weighted by molar-refractivity contribution is 0.506. The first kappa shape index (κ1) is 11.7. The third kappa shape index (κ3) is 2.16. The average Bonchev–Trinajstić information content (AvgIpc) is 2.67. The van der Waals surface area contributed by atoms with Crippen molar-refractivity contribution >= 4 is 27.3 Å². The van der Waals surface area contributed by atoms with Crippen LogP contribution in [0.2, 0.25) is 0 Å². The molecule has 5 heteroatoms. The SMILES string of the molecule is NC(c1ccc(F)c(F)c1)c1sccc1Br. The second kappa shape index (κ2) is 4.61. The average molecular weight is 304 g/mol. The summed E-state index contributed by atoms with van der Waals surface area (Å²) in [5.41, 5.74) is 6.53. The molecule has 0 saturated carbocycles. The molecule has 0 saturated heterocycles. The Kier molecular flexibility index (Phi) is 3.37. The molecule has 84 valence electrons. The van der Waals surface area contributed by atoms with Crippen molar-refractivity contribution in [3.8, 4) is 0 Å². The van der Waals surface area contributed by atoms with E-state index in [2.05, 4.69) is 15.9 Å². The molecular weight excluding hydrogens is 296 g/mol. The van der Waals surface area contributed by atoms with Crippen molar-refractivity contribution in [2.24, 2.45) is 5.73 Å². The minimum Gasteiger partial charge on any atom is -0.320 e. The van der Waals surface area contributed by atoms with Crippen LogP contribution in [0.15, 0.2) is 34.1 Å². The number of halogens is 3. The zero-order valence-electron chi connectivity index (χ0n) is 8.08. The molecule has 0 amide bonds. The topological polar surface area (TPSA) is 26.0 Å². The van der Waals surface area contributed by atoms with Gasteiger partial charge < -0.3 is 5.73 Å². The summed E-state index contributed by atoms with van der Waals surface area (Å²) in [5.74, 6) is -1.73. The minimum atomic E-state index is -0.874. The normalized spacial score (nSPS) is 12.8. The molecule has 1 aromatic carbocycles. The molecule has 0 aliphatic rings. The molecular formula is C11H8BrF2NS. The first-order valence-electron chi connectivity index (χ1n) is 4.53. The molecule has 2 rings (SSSR count). The summed E-state index contributed by atoms with van der Waals surface area (Å²) in [4.78, 5) is 0.894. The standard InChI is InChI=1S/C11H8BrF2NS/c12-7-3-4-16-11(7)10(15)6-1-2-8(13)9(14)5-6/h1-5,10H,15H2. The molecule has 0 spiro atoms. The van der Waals surface area contributed by atoms with Crippen LogP contribution < -0.4 is 5.73 Å². The van der Waals surface area contributed by atoms with Crippen LogP contribution in [0, 0.1) is 11.6 Å². The van der Waals surface area contributed by atoms with E-state index in [1.54, 1.807) is 0 Å². The van der Waals surface area contributed by atoms with Crippen molar-refractivity contribution < 1.29 is 8.78 Å². The highest BCUT2D eigenvalue weighted by molar-refractivity contribution is 9.10. The number of rotatable bonds is 2. The second-order valence-electron chi connectivity index (χ2n) is 3.28. The fourth-order valence-electron chi connectivity index (χ4n) is 1.38. The second-order valence-corrected chi connectivity index (χ2v) is 5.09. The number of benzene rings is 1. The van der Waals surface area contributed by atoms with Crippen molar-refractivity contribution in [3.05, 3.63) is 56.2 Å². The monoisotopic (exact) mass is 303 g/mol. The van der Waals surface area contributed by atoms with Crippen molar-refractivity contribution in [2.75, 3.05) is 0 Å². The number of hydrogen-bond acceptors (Lipinski definition) is 2. The molecule has 1 atom stereocenters. The van der Waals surface area contributed by atoms with Gasteiger partial charge in [0, 0.05) is 9.35 Å². The van der Waals surface area contributed by atoms with Gasteiger partial charge in [-0.15, -0.1) is 11.3 Å². The van der Waals surface area contributed by atoms with Crippen LogP contribution in [0.4, 0.5) is 8.78 Å². The molecule has 16 heavy (non-hydrogen) atoms. The molecule has 1 unspecified atom stereocenters. The van der Waals surface area contributed by atoms with Gasteiger partial charge >= 0.3 is 0 Å². The Labute approximate surface area is 104 Å². The van der Waals surface area contributed by atoms with E-state index in [0.29, 0.717) is 5.56 Å². The van der Waals surface area contributed by atoms with Gasteiger partial charge in [0.25, 0.3) is 0 Å². The van der Waals surface area contributed by atoms with Crippen LogP contribution in [-0.2, 0) is 0 Å². The number of hydrogen-bond donors (Lipinski definition) is 1. The zero-order valence-corrected chi connectivity index (χ0v) is 10.5. The summed E-state index contributed by atoms with van der Waals surface area (Å²) in [5, 5.41) is 1.89. The number of thiophene rings is 1. The van der Waals surface area contributed by atoms with Crippen LogP contribution in [-0.4, -0.2) is 0 Å². The van der Waals surface area contributed by atoms with E-state index in [0.717, 1.165) is 21.5 Å².